The molecule has 2 heterocycles. The first kappa shape index (κ1) is 11.9. The summed E-state index contributed by atoms with van der Waals surface area (Å²) in [6.07, 6.45) is 2.18. The average molecular weight is 260 g/mol. The lowest BCUT2D eigenvalue weighted by atomic mass is 10.1. The van der Waals surface area contributed by atoms with Crippen LogP contribution in [0.5, 0.6) is 0 Å². The highest BCUT2D eigenvalue weighted by molar-refractivity contribution is 7.12. The van der Waals surface area contributed by atoms with Crippen LogP contribution in [0.15, 0.2) is 11.4 Å². The summed E-state index contributed by atoms with van der Waals surface area (Å²) in [5.41, 5.74) is 0. The molecule has 0 aromatic carbocycles. The normalized spacial score (nSPS) is 21.1. The van der Waals surface area contributed by atoms with Crippen LogP contribution in [0.4, 0.5) is 0 Å². The second kappa shape index (κ2) is 5.17. The molecule has 88 valence electrons. The third-order valence-corrected chi connectivity index (χ3v) is 4.14. The standard InChI is InChI=1S/C11H14ClNO2S/c1-15-8-3-2-5-13(7-8)11(14)10-9(12)4-6-16-10/h4,6,8H,2-3,5,7H2,1H3. The molecule has 5 heteroatoms. The summed E-state index contributed by atoms with van der Waals surface area (Å²) in [5.74, 6) is 0.0294. The van der Waals surface area contributed by atoms with Gasteiger partial charge in [-0.05, 0) is 24.3 Å². The predicted molar refractivity (Wildman–Crippen MR) is 65.3 cm³/mol. The summed E-state index contributed by atoms with van der Waals surface area (Å²) >= 11 is 7.35. The number of rotatable bonds is 2. The van der Waals surface area contributed by atoms with Crippen LogP contribution < -0.4 is 0 Å². The zero-order valence-electron chi connectivity index (χ0n) is 9.11. The maximum atomic E-state index is 12.1. The van der Waals surface area contributed by atoms with Crippen molar-refractivity contribution >= 4 is 28.8 Å². The number of halogens is 1. The number of ether oxygens (including phenoxy) is 1. The minimum atomic E-state index is 0.0294. The Kier molecular flexibility index (Phi) is 3.84. The first-order valence-corrected chi connectivity index (χ1v) is 6.53. The molecule has 16 heavy (non-hydrogen) atoms. The molecule has 1 aliphatic rings. The van der Waals surface area contributed by atoms with Gasteiger partial charge in [0.05, 0.1) is 11.1 Å². The first-order valence-electron chi connectivity index (χ1n) is 5.27. The van der Waals surface area contributed by atoms with Crippen molar-refractivity contribution in [1.29, 1.82) is 0 Å². The van der Waals surface area contributed by atoms with Crippen molar-refractivity contribution in [2.45, 2.75) is 18.9 Å². The molecule has 1 aromatic rings. The lowest BCUT2D eigenvalue weighted by Crippen LogP contribution is -2.42. The quantitative estimate of drug-likeness (QED) is 0.817. The highest BCUT2D eigenvalue weighted by Crippen LogP contribution is 2.25. The molecule has 1 saturated heterocycles. The molecule has 1 aliphatic heterocycles. The monoisotopic (exact) mass is 259 g/mol. The highest BCUT2D eigenvalue weighted by Gasteiger charge is 2.25. The van der Waals surface area contributed by atoms with E-state index < -0.39 is 0 Å². The lowest BCUT2D eigenvalue weighted by molar-refractivity contribution is 0.0271. The van der Waals surface area contributed by atoms with Crippen molar-refractivity contribution in [3.05, 3.63) is 21.3 Å². The smallest absolute Gasteiger partial charge is 0.265 e. The largest absolute Gasteiger partial charge is 0.380 e. The van der Waals surface area contributed by atoms with Crippen LogP contribution in [0.1, 0.15) is 22.5 Å². The molecule has 3 nitrogen and oxygen atoms in total. The van der Waals surface area contributed by atoms with Crippen molar-refractivity contribution in [2.24, 2.45) is 0 Å². The van der Waals surface area contributed by atoms with Crippen molar-refractivity contribution in [3.8, 4) is 0 Å². The lowest BCUT2D eigenvalue weighted by Gasteiger charge is -2.31. The Balaban J connectivity index is 2.07. The van der Waals surface area contributed by atoms with Crippen LogP contribution in [0.25, 0.3) is 0 Å². The molecule has 0 spiro atoms. The summed E-state index contributed by atoms with van der Waals surface area (Å²) < 4.78 is 5.30. The van der Waals surface area contributed by atoms with Crippen molar-refractivity contribution < 1.29 is 9.53 Å². The second-order valence-corrected chi connectivity index (χ2v) is 5.17. The van der Waals surface area contributed by atoms with E-state index in [1.165, 1.54) is 11.3 Å². The predicted octanol–water partition coefficient (Wildman–Crippen LogP) is 2.65. The Morgan fingerprint density at radius 2 is 2.50 bits per heavy atom. The molecule has 2 rings (SSSR count). The van der Waals surface area contributed by atoms with E-state index in [1.807, 2.05) is 10.3 Å². The number of likely N-dealkylation sites (tertiary alicyclic amines) is 1. The van der Waals surface area contributed by atoms with Crippen molar-refractivity contribution in [2.75, 3.05) is 20.2 Å². The van der Waals surface area contributed by atoms with Gasteiger partial charge in [-0.2, -0.15) is 0 Å². The third-order valence-electron chi connectivity index (χ3n) is 2.81. The van der Waals surface area contributed by atoms with E-state index in [1.54, 1.807) is 13.2 Å². The van der Waals surface area contributed by atoms with Gasteiger partial charge in [0, 0.05) is 20.2 Å². The molecule has 0 bridgehead atoms. The second-order valence-electron chi connectivity index (χ2n) is 3.85. The minimum absolute atomic E-state index is 0.0294. The van der Waals surface area contributed by atoms with Gasteiger partial charge in [0.25, 0.3) is 5.91 Å². The molecular formula is C11H14ClNO2S. The molecule has 1 fully saturated rings. The number of nitrogens with zero attached hydrogens (tertiary/aromatic N) is 1. The molecule has 1 amide bonds. The van der Waals surface area contributed by atoms with Crippen molar-refractivity contribution in [1.82, 2.24) is 4.90 Å². The van der Waals surface area contributed by atoms with Gasteiger partial charge >= 0.3 is 0 Å². The summed E-state index contributed by atoms with van der Waals surface area (Å²) in [5, 5.41) is 2.39. The SMILES string of the molecule is COC1CCCN(C(=O)c2sccc2Cl)C1. The zero-order chi connectivity index (χ0) is 11.5. The maximum absolute atomic E-state index is 12.1. The molecule has 1 aromatic heterocycles. The van der Waals surface area contributed by atoms with Crippen LogP contribution in [0, 0.1) is 0 Å². The first-order chi connectivity index (χ1) is 7.72. The van der Waals surface area contributed by atoms with E-state index >= 15 is 0 Å². The Labute approximate surface area is 104 Å². The molecule has 0 saturated carbocycles. The Morgan fingerprint density at radius 3 is 3.12 bits per heavy atom. The molecule has 1 atom stereocenters. The van der Waals surface area contributed by atoms with Gasteiger partial charge in [-0.15, -0.1) is 11.3 Å². The summed E-state index contributed by atoms with van der Waals surface area (Å²) in [4.78, 5) is 14.6. The summed E-state index contributed by atoms with van der Waals surface area (Å²) in [7, 11) is 1.69. The summed E-state index contributed by atoms with van der Waals surface area (Å²) in [6, 6.07) is 1.76. The van der Waals surface area contributed by atoms with Crippen LogP contribution in [0.3, 0.4) is 0 Å². The van der Waals surface area contributed by atoms with Crippen molar-refractivity contribution in [3.63, 3.8) is 0 Å². The van der Waals surface area contributed by atoms with Gasteiger partial charge in [-0.25, -0.2) is 0 Å². The zero-order valence-corrected chi connectivity index (χ0v) is 10.7. The Hall–Kier alpha value is -0.580. The Bertz CT molecular complexity index is 380. The molecule has 0 aliphatic carbocycles. The fourth-order valence-corrected chi connectivity index (χ4v) is 3.01. The number of thiophene rings is 1. The average Bonchev–Trinajstić information content (AvgIpc) is 2.74. The van der Waals surface area contributed by atoms with Gasteiger partial charge < -0.3 is 9.64 Å². The minimum Gasteiger partial charge on any atom is -0.380 e. The van der Waals surface area contributed by atoms with Gasteiger partial charge in [0.15, 0.2) is 0 Å². The van der Waals surface area contributed by atoms with Crippen LogP contribution >= 0.6 is 22.9 Å². The van der Waals surface area contributed by atoms with E-state index in [9.17, 15) is 4.79 Å². The van der Waals surface area contributed by atoms with E-state index in [4.69, 9.17) is 16.3 Å². The number of hydrogen-bond acceptors (Lipinski definition) is 3. The number of hydrogen-bond donors (Lipinski definition) is 0. The number of amides is 1. The van der Waals surface area contributed by atoms with E-state index in [2.05, 4.69) is 0 Å². The van der Waals surface area contributed by atoms with E-state index in [0.29, 0.717) is 16.4 Å². The van der Waals surface area contributed by atoms with Crippen LogP contribution in [0.2, 0.25) is 5.02 Å². The van der Waals surface area contributed by atoms with Crippen LogP contribution in [-0.2, 0) is 4.74 Å². The van der Waals surface area contributed by atoms with E-state index in [-0.39, 0.29) is 12.0 Å². The highest BCUT2D eigenvalue weighted by atomic mass is 35.5. The number of carbonyl (C=O) groups is 1. The summed E-state index contributed by atoms with van der Waals surface area (Å²) in [6.45, 7) is 1.47. The van der Waals surface area contributed by atoms with E-state index in [0.717, 1.165) is 19.4 Å². The number of carbonyl (C=O) groups excluding carboxylic acids is 1. The van der Waals surface area contributed by atoms with Crippen LogP contribution in [-0.4, -0.2) is 37.1 Å². The maximum Gasteiger partial charge on any atom is 0.265 e. The van der Waals surface area contributed by atoms with Gasteiger partial charge in [-0.1, -0.05) is 11.6 Å². The molecule has 1 unspecified atom stereocenters. The fraction of sp³-hybridized carbons (Fsp3) is 0.545. The Morgan fingerprint density at radius 1 is 1.69 bits per heavy atom. The topological polar surface area (TPSA) is 29.5 Å². The number of methoxy groups -OCH3 is 1. The number of piperidine rings is 1. The third kappa shape index (κ3) is 2.39. The van der Waals surface area contributed by atoms with Gasteiger partial charge in [0.2, 0.25) is 0 Å². The molecule has 0 N–H and O–H groups in total. The van der Waals surface area contributed by atoms with Gasteiger partial charge in [-0.3, -0.25) is 4.79 Å². The fourth-order valence-electron chi connectivity index (χ4n) is 1.90. The molecular weight excluding hydrogens is 246 g/mol. The van der Waals surface area contributed by atoms with Gasteiger partial charge in [0.1, 0.15) is 4.88 Å². The molecule has 0 radical (unpaired) electrons.